The summed E-state index contributed by atoms with van der Waals surface area (Å²) >= 11 is 0.423. The summed E-state index contributed by atoms with van der Waals surface area (Å²) in [7, 11) is 0. The zero-order chi connectivity index (χ0) is 27.9. The summed E-state index contributed by atoms with van der Waals surface area (Å²) in [6.45, 7) is -1.01. The average Bonchev–Trinajstić information content (AvgIpc) is 3.41. The van der Waals surface area contributed by atoms with E-state index in [0.717, 1.165) is 24.3 Å². The van der Waals surface area contributed by atoms with Gasteiger partial charge >= 0.3 is 6.18 Å². The van der Waals surface area contributed by atoms with Crippen LogP contribution in [0.4, 0.5) is 40.8 Å². The van der Waals surface area contributed by atoms with Crippen molar-refractivity contribution >= 4 is 39.1 Å². The number of carbonyl (C=O) groups is 2. The number of anilines is 1. The molecular weight excluding hydrogens is 550 g/mol. The number of benzene rings is 1. The van der Waals surface area contributed by atoms with E-state index in [-0.39, 0.29) is 27.0 Å². The summed E-state index contributed by atoms with van der Waals surface area (Å²) in [6.07, 6.45) is -11.4. The van der Waals surface area contributed by atoms with Crippen molar-refractivity contribution in [3.05, 3.63) is 64.2 Å². The topological polar surface area (TPSA) is 103 Å². The minimum atomic E-state index is -4.92. The van der Waals surface area contributed by atoms with Gasteiger partial charge in [0.2, 0.25) is 5.91 Å². The molecule has 0 unspecified atom stereocenters. The second-order valence-electron chi connectivity index (χ2n) is 7.71. The summed E-state index contributed by atoms with van der Waals surface area (Å²) in [5.74, 6) is -2.98. The summed E-state index contributed by atoms with van der Waals surface area (Å²) in [5, 5.41) is 5.36. The number of fused-ring (bicyclic) bond motifs is 1. The van der Waals surface area contributed by atoms with Gasteiger partial charge in [-0.25, -0.2) is 26.9 Å². The number of nitrogens with one attached hydrogen (secondary N) is 1. The second-order valence-corrected chi connectivity index (χ2v) is 8.71. The second kappa shape index (κ2) is 10.00. The quantitative estimate of drug-likeness (QED) is 0.272. The Morgan fingerprint density at radius 3 is 2.26 bits per heavy atom. The van der Waals surface area contributed by atoms with Crippen molar-refractivity contribution < 1.29 is 44.7 Å². The Morgan fingerprint density at radius 2 is 1.71 bits per heavy atom. The van der Waals surface area contributed by atoms with Crippen molar-refractivity contribution in [1.29, 1.82) is 0 Å². The van der Waals surface area contributed by atoms with E-state index in [9.17, 15) is 44.7 Å². The number of alkyl halides is 7. The Morgan fingerprint density at radius 1 is 1.05 bits per heavy atom. The fourth-order valence-corrected chi connectivity index (χ4v) is 4.58. The van der Waals surface area contributed by atoms with Crippen molar-refractivity contribution in [2.24, 2.45) is 5.73 Å². The molecule has 0 radical (unpaired) electrons. The van der Waals surface area contributed by atoms with E-state index < -0.39 is 65.2 Å². The SMILES string of the molecule is NC(=O)c1sc2nc(C(F)(F)F)cc(-c3ccc(F)cc3)c2c1NC(=O)Cn1nc(C(F)F)cc1C(F)F. The molecule has 4 aromatic rings. The molecule has 200 valence electrons. The smallest absolute Gasteiger partial charge is 0.365 e. The Kier molecular flexibility index (Phi) is 7.10. The van der Waals surface area contributed by atoms with E-state index >= 15 is 0 Å². The lowest BCUT2D eigenvalue weighted by molar-refractivity contribution is -0.140. The molecule has 3 aromatic heterocycles. The van der Waals surface area contributed by atoms with Gasteiger partial charge in [0, 0.05) is 5.39 Å². The van der Waals surface area contributed by atoms with Crippen LogP contribution in [0.3, 0.4) is 0 Å². The van der Waals surface area contributed by atoms with Crippen LogP contribution in [0.2, 0.25) is 0 Å². The summed E-state index contributed by atoms with van der Waals surface area (Å²) in [5.41, 5.74) is 1.49. The first kappa shape index (κ1) is 27.0. The standard InChI is InChI=1S/C22H13F8N5O2S/c23-9-3-1-8(2-4-9)10-5-13(22(28,29)30)32-21-15(10)16(17(38-21)20(31)37)33-14(36)7-35-12(19(26)27)6-11(34-35)18(24)25/h1-6,18-19H,7H2,(H2,31,37)(H,33,36). The third-order valence-corrected chi connectivity index (χ3v) is 6.26. The fourth-order valence-electron chi connectivity index (χ4n) is 3.57. The fraction of sp³-hybridized carbons (Fsp3) is 0.182. The number of rotatable bonds is 7. The van der Waals surface area contributed by atoms with Gasteiger partial charge in [-0.05, 0) is 35.4 Å². The van der Waals surface area contributed by atoms with Crippen molar-refractivity contribution in [3.63, 3.8) is 0 Å². The van der Waals surface area contributed by atoms with Gasteiger partial charge in [-0.2, -0.15) is 18.3 Å². The van der Waals surface area contributed by atoms with Crippen LogP contribution in [0.25, 0.3) is 21.3 Å². The van der Waals surface area contributed by atoms with Crippen LogP contribution in [0, 0.1) is 5.82 Å². The first-order valence-electron chi connectivity index (χ1n) is 10.3. The van der Waals surface area contributed by atoms with E-state index in [1.807, 2.05) is 0 Å². The molecule has 2 amide bonds. The lowest BCUT2D eigenvalue weighted by Gasteiger charge is -2.13. The molecule has 0 spiro atoms. The maximum atomic E-state index is 13.6. The molecule has 0 bridgehead atoms. The third kappa shape index (κ3) is 5.29. The maximum Gasteiger partial charge on any atom is 0.433 e. The van der Waals surface area contributed by atoms with Gasteiger partial charge < -0.3 is 11.1 Å². The minimum absolute atomic E-state index is 0.0576. The van der Waals surface area contributed by atoms with Crippen LogP contribution in [0.5, 0.6) is 0 Å². The van der Waals surface area contributed by atoms with Crippen LogP contribution < -0.4 is 11.1 Å². The summed E-state index contributed by atoms with van der Waals surface area (Å²) in [6, 6.07) is 5.30. The molecule has 7 nitrogen and oxygen atoms in total. The number of nitrogens with zero attached hydrogens (tertiary/aromatic N) is 3. The predicted molar refractivity (Wildman–Crippen MR) is 119 cm³/mol. The van der Waals surface area contributed by atoms with Crippen LogP contribution in [-0.4, -0.2) is 26.6 Å². The lowest BCUT2D eigenvalue weighted by Crippen LogP contribution is -2.23. The van der Waals surface area contributed by atoms with Gasteiger partial charge in [0.05, 0.1) is 5.69 Å². The zero-order valence-corrected chi connectivity index (χ0v) is 19.3. The van der Waals surface area contributed by atoms with Gasteiger partial charge in [-0.15, -0.1) is 11.3 Å². The molecule has 1 aromatic carbocycles. The third-order valence-electron chi connectivity index (χ3n) is 5.17. The monoisotopic (exact) mass is 563 g/mol. The van der Waals surface area contributed by atoms with E-state index in [1.54, 1.807) is 0 Å². The van der Waals surface area contributed by atoms with Gasteiger partial charge in [0.25, 0.3) is 18.8 Å². The largest absolute Gasteiger partial charge is 0.433 e. The highest BCUT2D eigenvalue weighted by molar-refractivity contribution is 7.21. The highest BCUT2D eigenvalue weighted by atomic mass is 32.1. The zero-order valence-electron chi connectivity index (χ0n) is 18.5. The van der Waals surface area contributed by atoms with Gasteiger partial charge in [0.15, 0.2) is 0 Å². The molecule has 0 atom stereocenters. The number of amides is 2. The predicted octanol–water partition coefficient (Wildman–Crippen LogP) is 5.93. The molecule has 0 fully saturated rings. The van der Waals surface area contributed by atoms with Gasteiger partial charge in [-0.3, -0.25) is 14.3 Å². The number of halogens is 8. The normalized spacial score (nSPS) is 12.1. The Bertz CT molecular complexity index is 1530. The van der Waals surface area contributed by atoms with Crippen molar-refractivity contribution in [3.8, 4) is 11.1 Å². The molecule has 0 aliphatic heterocycles. The molecule has 3 N–H and O–H groups in total. The van der Waals surface area contributed by atoms with Gasteiger partial charge in [0.1, 0.15) is 39.2 Å². The number of primary amides is 1. The van der Waals surface area contributed by atoms with Gasteiger partial charge in [-0.1, -0.05) is 12.1 Å². The molecule has 16 heteroatoms. The van der Waals surface area contributed by atoms with E-state index in [4.69, 9.17) is 5.73 Å². The first-order chi connectivity index (χ1) is 17.8. The maximum absolute atomic E-state index is 13.6. The van der Waals surface area contributed by atoms with Crippen LogP contribution in [0.1, 0.15) is 39.6 Å². The van der Waals surface area contributed by atoms with Crippen LogP contribution >= 0.6 is 11.3 Å². The number of carbonyl (C=O) groups excluding carboxylic acids is 2. The minimum Gasteiger partial charge on any atom is -0.365 e. The van der Waals surface area contributed by atoms with E-state index in [0.29, 0.717) is 28.2 Å². The molecule has 3 heterocycles. The van der Waals surface area contributed by atoms with Crippen molar-refractivity contribution in [2.45, 2.75) is 25.6 Å². The summed E-state index contributed by atoms with van der Waals surface area (Å²) < 4.78 is 107. The van der Waals surface area contributed by atoms with E-state index in [1.165, 1.54) is 0 Å². The highest BCUT2D eigenvalue weighted by Crippen LogP contribution is 2.43. The number of aromatic nitrogens is 3. The molecule has 0 aliphatic carbocycles. The lowest BCUT2D eigenvalue weighted by atomic mass is 10.0. The first-order valence-corrected chi connectivity index (χ1v) is 11.1. The Labute approximate surface area is 210 Å². The number of hydrogen-bond donors (Lipinski definition) is 2. The molecule has 0 saturated carbocycles. The Balaban J connectivity index is 1.85. The summed E-state index contributed by atoms with van der Waals surface area (Å²) in [4.78, 5) is 27.6. The molecule has 38 heavy (non-hydrogen) atoms. The molecular formula is C22H13F8N5O2S. The van der Waals surface area contributed by atoms with E-state index in [2.05, 4.69) is 15.4 Å². The number of thiophene rings is 1. The molecule has 0 saturated heterocycles. The molecule has 0 aliphatic rings. The van der Waals surface area contributed by atoms with Crippen molar-refractivity contribution in [2.75, 3.05) is 5.32 Å². The number of pyridine rings is 1. The Hall–Kier alpha value is -4.08. The highest BCUT2D eigenvalue weighted by Gasteiger charge is 2.35. The van der Waals surface area contributed by atoms with Crippen LogP contribution in [-0.2, 0) is 17.5 Å². The van der Waals surface area contributed by atoms with Crippen molar-refractivity contribution in [1.82, 2.24) is 14.8 Å². The number of hydrogen-bond acceptors (Lipinski definition) is 5. The number of nitrogens with two attached hydrogens (primary N) is 1. The average molecular weight is 563 g/mol. The van der Waals surface area contributed by atoms with Crippen LogP contribution in [0.15, 0.2) is 36.4 Å². The molecule has 4 rings (SSSR count).